The number of nitrogens with zero attached hydrogens (tertiary/aromatic N) is 4. The number of nitrogens with one attached hydrogen (secondary N) is 2. The summed E-state index contributed by atoms with van der Waals surface area (Å²) in [6, 6.07) is 8.36. The molecule has 5 atom stereocenters. The highest BCUT2D eigenvalue weighted by Gasteiger charge is 2.37. The van der Waals surface area contributed by atoms with Gasteiger partial charge < -0.3 is 29.6 Å². The number of rotatable bonds is 10. The number of hydrogen-bond acceptors (Lipinski definition) is 11. The van der Waals surface area contributed by atoms with Gasteiger partial charge in [0.05, 0.1) is 26.1 Å². The Morgan fingerprint density at radius 1 is 1.36 bits per heavy atom. The third kappa shape index (κ3) is 5.76. The molecule has 12 nitrogen and oxygen atoms in total. The van der Waals surface area contributed by atoms with Gasteiger partial charge in [-0.05, 0) is 37.3 Å². The van der Waals surface area contributed by atoms with Crippen molar-refractivity contribution >= 4 is 47.3 Å². The first-order chi connectivity index (χ1) is 17.2. The fourth-order valence-corrected chi connectivity index (χ4v) is 6.45. The van der Waals surface area contributed by atoms with Gasteiger partial charge in [0.2, 0.25) is 5.95 Å². The monoisotopic (exact) mass is 535 g/mol. The van der Waals surface area contributed by atoms with Crippen LogP contribution in [0.5, 0.6) is 5.75 Å². The Kier molecular flexibility index (Phi) is 8.06. The summed E-state index contributed by atoms with van der Waals surface area (Å²) < 4.78 is 25.1. The van der Waals surface area contributed by atoms with Crippen molar-refractivity contribution in [3.05, 3.63) is 36.7 Å². The number of anilines is 2. The van der Waals surface area contributed by atoms with E-state index in [1.54, 1.807) is 32.4 Å². The third-order valence-corrected chi connectivity index (χ3v) is 8.21. The number of imidazole rings is 1. The van der Waals surface area contributed by atoms with Gasteiger partial charge in [-0.15, -0.1) is 0 Å². The maximum atomic E-state index is 12.0. The van der Waals surface area contributed by atoms with E-state index in [4.69, 9.17) is 36.1 Å². The van der Waals surface area contributed by atoms with E-state index in [1.807, 2.05) is 22.8 Å². The van der Waals surface area contributed by atoms with Crippen molar-refractivity contribution in [2.45, 2.75) is 38.6 Å². The summed E-state index contributed by atoms with van der Waals surface area (Å²) in [6.45, 7) is 0.751. The summed E-state index contributed by atoms with van der Waals surface area (Å²) >= 11 is 5.74. The number of nitrogen functional groups attached to an aromatic ring is 1. The second-order valence-corrected chi connectivity index (χ2v) is 11.6. The Bertz CT molecular complexity index is 1260. The number of ether oxygens (including phenoxy) is 2. The Morgan fingerprint density at radius 3 is 2.81 bits per heavy atom. The summed E-state index contributed by atoms with van der Waals surface area (Å²) in [4.78, 5) is 25.0. The van der Waals surface area contributed by atoms with Crippen LogP contribution in [0.15, 0.2) is 36.7 Å². The van der Waals surface area contributed by atoms with E-state index in [-0.39, 0.29) is 30.8 Å². The molecule has 1 fully saturated rings. The van der Waals surface area contributed by atoms with E-state index in [0.29, 0.717) is 29.2 Å². The molecular weight excluding hydrogens is 505 g/mol. The molecule has 1 unspecified atom stereocenters. The van der Waals surface area contributed by atoms with Crippen molar-refractivity contribution in [3.63, 3.8) is 0 Å². The molecule has 2 aromatic heterocycles. The topological polar surface area (TPSA) is 148 Å². The molecule has 0 spiro atoms. The standard InChI is InChI=1S/C22H30N7O5PS/c1-13-10-16(33-20(13)29-12-25-17-18(24-3)26-22(23)27-19(17)29)11-32-35(36,28-14(2)21(30)31-4)34-15-8-6-5-7-9-15/h5-9,12-14,16,20H,10-11H2,1-4H3,(H,28,36)(H3,23,24,26,27)/t13-,14-,16-,20+,35?/m0/s1. The molecule has 0 bridgehead atoms. The Hall–Kier alpha value is -2.83. The number of carbonyl (C=O) groups is 1. The van der Waals surface area contributed by atoms with E-state index in [1.165, 1.54) is 7.11 Å². The molecule has 36 heavy (non-hydrogen) atoms. The Labute approximate surface area is 214 Å². The third-order valence-electron chi connectivity index (χ3n) is 5.71. The molecule has 1 saturated heterocycles. The number of hydrogen-bond donors (Lipinski definition) is 3. The van der Waals surface area contributed by atoms with E-state index >= 15 is 0 Å². The van der Waals surface area contributed by atoms with Crippen molar-refractivity contribution < 1.29 is 23.3 Å². The van der Waals surface area contributed by atoms with Gasteiger partial charge in [0.15, 0.2) is 17.0 Å². The number of benzene rings is 1. The second kappa shape index (κ2) is 11.1. The minimum atomic E-state index is -3.13. The summed E-state index contributed by atoms with van der Waals surface area (Å²) in [7, 11) is 3.06. The average molecular weight is 536 g/mol. The molecule has 0 radical (unpaired) electrons. The fraction of sp³-hybridized carbons (Fsp3) is 0.455. The molecule has 4 rings (SSSR count). The van der Waals surface area contributed by atoms with Crippen LogP contribution in [0.2, 0.25) is 0 Å². The van der Waals surface area contributed by atoms with Crippen molar-refractivity contribution in [1.29, 1.82) is 0 Å². The van der Waals surface area contributed by atoms with E-state index < -0.39 is 18.7 Å². The quantitative estimate of drug-likeness (QED) is 0.259. The van der Waals surface area contributed by atoms with Crippen LogP contribution in [-0.4, -0.2) is 58.4 Å². The number of fused-ring (bicyclic) bond motifs is 1. The van der Waals surface area contributed by atoms with Crippen LogP contribution in [0.3, 0.4) is 0 Å². The lowest BCUT2D eigenvalue weighted by Gasteiger charge is -2.27. The molecule has 3 heterocycles. The number of carbonyl (C=O) groups excluding carboxylic acids is 1. The first kappa shape index (κ1) is 26.2. The molecular formula is C22H30N7O5PS. The normalized spacial score (nSPS) is 22.2. The second-order valence-electron chi connectivity index (χ2n) is 8.44. The van der Waals surface area contributed by atoms with Gasteiger partial charge in [0.25, 0.3) is 0 Å². The molecule has 4 N–H and O–H groups in total. The van der Waals surface area contributed by atoms with Crippen LogP contribution >= 0.6 is 6.64 Å². The maximum absolute atomic E-state index is 12.0. The first-order valence-electron chi connectivity index (χ1n) is 11.4. The SMILES string of the molecule is CNc1nc(N)nc2c1ncn2[C@@H]1O[C@H](COP(=S)(N[C@@H](C)C(=O)OC)Oc2ccccc2)C[C@@H]1C. The lowest BCUT2D eigenvalue weighted by Crippen LogP contribution is -2.35. The minimum Gasteiger partial charge on any atom is -0.468 e. The maximum Gasteiger partial charge on any atom is 0.323 e. The van der Waals surface area contributed by atoms with Gasteiger partial charge in [-0.1, -0.05) is 25.1 Å². The molecule has 1 aliphatic heterocycles. The average Bonchev–Trinajstić information content (AvgIpc) is 3.44. The summed E-state index contributed by atoms with van der Waals surface area (Å²) in [5.74, 6) is 0.881. The molecule has 1 aromatic carbocycles. The zero-order valence-corrected chi connectivity index (χ0v) is 22.2. The zero-order valence-electron chi connectivity index (χ0n) is 20.5. The van der Waals surface area contributed by atoms with Crippen LogP contribution in [-0.2, 0) is 30.6 Å². The van der Waals surface area contributed by atoms with Gasteiger partial charge in [0, 0.05) is 13.0 Å². The Balaban J connectivity index is 1.49. The van der Waals surface area contributed by atoms with Gasteiger partial charge in [-0.25, -0.2) is 10.1 Å². The van der Waals surface area contributed by atoms with Crippen LogP contribution in [0.4, 0.5) is 11.8 Å². The van der Waals surface area contributed by atoms with Gasteiger partial charge in [0.1, 0.15) is 18.0 Å². The fourth-order valence-electron chi connectivity index (χ4n) is 4.02. The summed E-state index contributed by atoms with van der Waals surface area (Å²) in [5.41, 5.74) is 7.08. The van der Waals surface area contributed by atoms with Crippen LogP contribution < -0.4 is 20.7 Å². The largest absolute Gasteiger partial charge is 0.468 e. The highest BCUT2D eigenvalue weighted by molar-refractivity contribution is 8.09. The molecule has 0 aliphatic carbocycles. The molecule has 3 aromatic rings. The highest BCUT2D eigenvalue weighted by atomic mass is 32.5. The number of esters is 1. The van der Waals surface area contributed by atoms with Crippen molar-refractivity contribution in [2.24, 2.45) is 5.92 Å². The lowest BCUT2D eigenvalue weighted by atomic mass is 10.1. The van der Waals surface area contributed by atoms with Gasteiger partial charge in [-0.2, -0.15) is 9.97 Å². The first-order valence-corrected chi connectivity index (χ1v) is 14.0. The summed E-state index contributed by atoms with van der Waals surface area (Å²) in [6.07, 6.45) is 1.77. The smallest absolute Gasteiger partial charge is 0.323 e. The van der Waals surface area contributed by atoms with Gasteiger partial charge in [-0.3, -0.25) is 9.36 Å². The predicted octanol–water partition coefficient (Wildman–Crippen LogP) is 2.85. The Morgan fingerprint density at radius 2 is 2.11 bits per heavy atom. The van der Waals surface area contributed by atoms with E-state index in [9.17, 15) is 4.79 Å². The number of nitrogens with two attached hydrogens (primary N) is 1. The van der Waals surface area contributed by atoms with Gasteiger partial charge >= 0.3 is 12.6 Å². The molecule has 0 amide bonds. The van der Waals surface area contributed by atoms with Crippen LogP contribution in [0.25, 0.3) is 11.2 Å². The molecule has 0 saturated carbocycles. The molecule has 1 aliphatic rings. The number of methoxy groups -OCH3 is 1. The molecule has 194 valence electrons. The zero-order chi connectivity index (χ0) is 25.9. The van der Waals surface area contributed by atoms with E-state index in [0.717, 1.165) is 0 Å². The predicted molar refractivity (Wildman–Crippen MR) is 139 cm³/mol. The van der Waals surface area contributed by atoms with E-state index in [2.05, 4.69) is 32.3 Å². The van der Waals surface area contributed by atoms with Crippen LogP contribution in [0, 0.1) is 5.92 Å². The van der Waals surface area contributed by atoms with Crippen LogP contribution in [0.1, 0.15) is 26.5 Å². The lowest BCUT2D eigenvalue weighted by molar-refractivity contribution is -0.142. The minimum absolute atomic E-state index is 0.125. The summed E-state index contributed by atoms with van der Waals surface area (Å²) in [5, 5.41) is 6.00. The number of aromatic nitrogens is 4. The number of para-hydroxylation sites is 1. The van der Waals surface area contributed by atoms with Crippen molar-refractivity contribution in [1.82, 2.24) is 24.6 Å². The highest BCUT2D eigenvalue weighted by Crippen LogP contribution is 2.47. The molecule has 14 heteroatoms. The van der Waals surface area contributed by atoms with Crippen molar-refractivity contribution in [2.75, 3.05) is 31.8 Å². The van der Waals surface area contributed by atoms with Crippen molar-refractivity contribution in [3.8, 4) is 5.75 Å².